The van der Waals surface area contributed by atoms with Gasteiger partial charge >= 0.3 is 0 Å². The summed E-state index contributed by atoms with van der Waals surface area (Å²) in [7, 11) is 0. The standard InChI is InChI=1S/C11H15N/c12-9-11-6-2-1-4-10(8-11)5-3-7-11/h4H,1-3,5-8H2. The molecule has 0 N–H and O–H groups in total. The molecule has 0 aliphatic heterocycles. The zero-order valence-corrected chi connectivity index (χ0v) is 7.47. The van der Waals surface area contributed by atoms with Crippen LogP contribution in [-0.2, 0) is 0 Å². The molecule has 1 unspecified atom stereocenters. The summed E-state index contributed by atoms with van der Waals surface area (Å²) < 4.78 is 0. The molecule has 1 fully saturated rings. The molecule has 1 atom stereocenters. The van der Waals surface area contributed by atoms with E-state index in [1.165, 1.54) is 25.7 Å². The lowest BCUT2D eigenvalue weighted by atomic mass is 9.72. The fraction of sp³-hybridized carbons (Fsp3) is 0.727. The Morgan fingerprint density at radius 1 is 1.33 bits per heavy atom. The highest BCUT2D eigenvalue weighted by Crippen LogP contribution is 2.44. The first-order chi connectivity index (χ1) is 5.85. The van der Waals surface area contributed by atoms with Crippen LogP contribution in [0.4, 0.5) is 0 Å². The molecule has 64 valence electrons. The number of allylic oxidation sites excluding steroid dienone is 2. The summed E-state index contributed by atoms with van der Waals surface area (Å²) in [5, 5.41) is 9.14. The van der Waals surface area contributed by atoms with Gasteiger partial charge in [0.15, 0.2) is 0 Å². The van der Waals surface area contributed by atoms with Crippen LogP contribution in [0.15, 0.2) is 11.6 Å². The van der Waals surface area contributed by atoms with E-state index in [0.29, 0.717) is 0 Å². The van der Waals surface area contributed by atoms with Gasteiger partial charge in [0, 0.05) is 0 Å². The maximum Gasteiger partial charge on any atom is 0.0693 e. The summed E-state index contributed by atoms with van der Waals surface area (Å²) >= 11 is 0. The third kappa shape index (κ3) is 1.27. The first-order valence-electron chi connectivity index (χ1n) is 4.94. The molecule has 12 heavy (non-hydrogen) atoms. The topological polar surface area (TPSA) is 23.8 Å². The lowest BCUT2D eigenvalue weighted by molar-refractivity contribution is 0.294. The van der Waals surface area contributed by atoms with Crippen molar-refractivity contribution in [3.63, 3.8) is 0 Å². The van der Waals surface area contributed by atoms with Crippen LogP contribution in [0.2, 0.25) is 0 Å². The van der Waals surface area contributed by atoms with Gasteiger partial charge < -0.3 is 0 Å². The molecule has 1 heteroatoms. The predicted molar refractivity (Wildman–Crippen MR) is 48.4 cm³/mol. The molecule has 1 nitrogen and oxygen atoms in total. The van der Waals surface area contributed by atoms with Crippen LogP contribution >= 0.6 is 0 Å². The Labute approximate surface area is 74.1 Å². The minimum Gasteiger partial charge on any atom is -0.198 e. The molecule has 2 bridgehead atoms. The summed E-state index contributed by atoms with van der Waals surface area (Å²) in [6.45, 7) is 0. The normalized spacial score (nSPS) is 34.8. The Balaban J connectivity index is 2.25. The Kier molecular flexibility index (Phi) is 1.92. The zero-order valence-electron chi connectivity index (χ0n) is 7.47. The molecule has 0 heterocycles. The molecule has 0 aromatic rings. The van der Waals surface area contributed by atoms with Crippen molar-refractivity contribution in [2.45, 2.75) is 44.9 Å². The first kappa shape index (κ1) is 7.86. The summed E-state index contributed by atoms with van der Waals surface area (Å²) in [5.74, 6) is 0. The molecule has 2 aliphatic rings. The molecule has 0 spiro atoms. The van der Waals surface area contributed by atoms with Crippen molar-refractivity contribution in [1.29, 1.82) is 5.26 Å². The molecule has 0 saturated heterocycles. The highest BCUT2D eigenvalue weighted by atomic mass is 14.4. The maximum absolute atomic E-state index is 9.14. The number of nitrogens with zero attached hydrogens (tertiary/aromatic N) is 1. The van der Waals surface area contributed by atoms with Crippen molar-refractivity contribution in [3.05, 3.63) is 11.6 Å². The molecule has 2 aliphatic carbocycles. The summed E-state index contributed by atoms with van der Waals surface area (Å²) in [6, 6.07) is 2.55. The van der Waals surface area contributed by atoms with Gasteiger partial charge in [-0.05, 0) is 44.9 Å². The molecule has 2 rings (SSSR count). The highest BCUT2D eigenvalue weighted by Gasteiger charge is 2.34. The number of hydrogen-bond acceptors (Lipinski definition) is 1. The minimum atomic E-state index is 0.0422. The average molecular weight is 161 g/mol. The maximum atomic E-state index is 9.14. The molecular weight excluding hydrogens is 146 g/mol. The number of fused-ring (bicyclic) bond motifs is 2. The van der Waals surface area contributed by atoms with Crippen LogP contribution in [0.5, 0.6) is 0 Å². The van der Waals surface area contributed by atoms with Gasteiger partial charge in [-0.15, -0.1) is 0 Å². The SMILES string of the molecule is N#CC12CCCC=C(CCC1)C2. The van der Waals surface area contributed by atoms with E-state index in [4.69, 9.17) is 5.26 Å². The van der Waals surface area contributed by atoms with Crippen LogP contribution in [0.25, 0.3) is 0 Å². The van der Waals surface area contributed by atoms with Gasteiger partial charge in [-0.3, -0.25) is 0 Å². The summed E-state index contributed by atoms with van der Waals surface area (Å²) in [4.78, 5) is 0. The third-order valence-electron chi connectivity index (χ3n) is 3.25. The number of rotatable bonds is 0. The molecule has 0 radical (unpaired) electrons. The molecule has 0 amide bonds. The number of nitriles is 1. The molecular formula is C11H15N. The third-order valence-corrected chi connectivity index (χ3v) is 3.25. The fourth-order valence-corrected chi connectivity index (χ4v) is 2.55. The van der Waals surface area contributed by atoms with Crippen molar-refractivity contribution >= 4 is 0 Å². The van der Waals surface area contributed by atoms with Crippen LogP contribution < -0.4 is 0 Å². The van der Waals surface area contributed by atoms with E-state index in [1.54, 1.807) is 5.57 Å². The van der Waals surface area contributed by atoms with Crippen LogP contribution in [0.1, 0.15) is 44.9 Å². The van der Waals surface area contributed by atoms with Crippen molar-refractivity contribution in [2.75, 3.05) is 0 Å². The van der Waals surface area contributed by atoms with Gasteiger partial charge in [0.05, 0.1) is 11.5 Å². The Morgan fingerprint density at radius 3 is 3.00 bits per heavy atom. The van der Waals surface area contributed by atoms with E-state index in [1.807, 2.05) is 0 Å². The van der Waals surface area contributed by atoms with Crippen LogP contribution in [-0.4, -0.2) is 0 Å². The lowest BCUT2D eigenvalue weighted by Crippen LogP contribution is -2.22. The Morgan fingerprint density at radius 2 is 2.17 bits per heavy atom. The van der Waals surface area contributed by atoms with Crippen molar-refractivity contribution in [1.82, 2.24) is 0 Å². The van der Waals surface area contributed by atoms with Gasteiger partial charge in [0.2, 0.25) is 0 Å². The van der Waals surface area contributed by atoms with Gasteiger partial charge in [0.1, 0.15) is 0 Å². The Bertz CT molecular complexity index is 246. The zero-order chi connectivity index (χ0) is 8.44. The van der Waals surface area contributed by atoms with E-state index >= 15 is 0 Å². The van der Waals surface area contributed by atoms with Gasteiger partial charge in [0.25, 0.3) is 0 Å². The molecule has 1 saturated carbocycles. The van der Waals surface area contributed by atoms with Gasteiger partial charge in [-0.1, -0.05) is 11.6 Å². The van der Waals surface area contributed by atoms with Gasteiger partial charge in [-0.2, -0.15) is 5.26 Å². The van der Waals surface area contributed by atoms with Gasteiger partial charge in [-0.25, -0.2) is 0 Å². The molecule has 0 aromatic heterocycles. The highest BCUT2D eigenvalue weighted by molar-refractivity contribution is 5.17. The van der Waals surface area contributed by atoms with Crippen molar-refractivity contribution in [3.8, 4) is 6.07 Å². The van der Waals surface area contributed by atoms with E-state index in [-0.39, 0.29) is 5.41 Å². The van der Waals surface area contributed by atoms with E-state index < -0.39 is 0 Å². The van der Waals surface area contributed by atoms with E-state index in [9.17, 15) is 0 Å². The predicted octanol–water partition coefficient (Wildman–Crippen LogP) is 3.18. The first-order valence-corrected chi connectivity index (χ1v) is 4.94. The van der Waals surface area contributed by atoms with Crippen LogP contribution in [0, 0.1) is 16.7 Å². The Hall–Kier alpha value is -0.770. The van der Waals surface area contributed by atoms with E-state index in [2.05, 4.69) is 12.1 Å². The number of hydrogen-bond donors (Lipinski definition) is 0. The monoisotopic (exact) mass is 161 g/mol. The second-order valence-corrected chi connectivity index (χ2v) is 4.18. The largest absolute Gasteiger partial charge is 0.198 e. The van der Waals surface area contributed by atoms with Crippen molar-refractivity contribution < 1.29 is 0 Å². The summed E-state index contributed by atoms with van der Waals surface area (Å²) in [5.41, 5.74) is 1.60. The van der Waals surface area contributed by atoms with E-state index in [0.717, 1.165) is 19.3 Å². The van der Waals surface area contributed by atoms with Crippen LogP contribution in [0.3, 0.4) is 0 Å². The quantitative estimate of drug-likeness (QED) is 0.500. The summed E-state index contributed by atoms with van der Waals surface area (Å²) in [6.07, 6.45) is 10.6. The smallest absolute Gasteiger partial charge is 0.0693 e. The van der Waals surface area contributed by atoms with Crippen molar-refractivity contribution in [2.24, 2.45) is 5.41 Å². The fourth-order valence-electron chi connectivity index (χ4n) is 2.55. The average Bonchev–Trinajstić information content (AvgIpc) is 2.26. The minimum absolute atomic E-state index is 0.0422. The molecule has 0 aromatic carbocycles. The second kappa shape index (κ2) is 2.94. The lowest BCUT2D eigenvalue weighted by Gasteiger charge is -2.30. The second-order valence-electron chi connectivity index (χ2n) is 4.18.